The van der Waals surface area contributed by atoms with E-state index < -0.39 is 5.60 Å². The van der Waals surface area contributed by atoms with E-state index in [4.69, 9.17) is 0 Å². The number of aliphatic hydroxyl groups is 1. The first-order chi connectivity index (χ1) is 9.69. The van der Waals surface area contributed by atoms with Crippen molar-refractivity contribution < 1.29 is 9.90 Å². The van der Waals surface area contributed by atoms with Crippen LogP contribution in [-0.4, -0.2) is 39.6 Å². The van der Waals surface area contributed by atoms with Gasteiger partial charge in [0.2, 0.25) is 0 Å². The lowest BCUT2D eigenvalue weighted by molar-refractivity contribution is -0.152. The highest BCUT2D eigenvalue weighted by molar-refractivity contribution is 7.99. The van der Waals surface area contributed by atoms with Crippen molar-refractivity contribution in [2.45, 2.75) is 37.8 Å². The number of fused-ring (bicyclic) bond motifs is 1. The van der Waals surface area contributed by atoms with Gasteiger partial charge in [0, 0.05) is 13.1 Å². The van der Waals surface area contributed by atoms with Crippen LogP contribution in [0.5, 0.6) is 0 Å². The minimum atomic E-state index is -1.12. The minimum absolute atomic E-state index is 0.0606. The largest absolute Gasteiger partial charge is 0.380 e. The Labute approximate surface area is 124 Å². The molecule has 0 bridgehead atoms. The first-order valence-corrected chi connectivity index (χ1v) is 8.51. The van der Waals surface area contributed by atoms with Gasteiger partial charge in [-0.2, -0.15) is 11.8 Å². The van der Waals surface area contributed by atoms with Gasteiger partial charge in [-0.1, -0.05) is 24.3 Å². The SMILES string of the molecule is O=C(N1CCCc2ccccc2C1)C1(O)CCSCC1. The van der Waals surface area contributed by atoms with Crippen molar-refractivity contribution in [1.29, 1.82) is 0 Å². The van der Waals surface area contributed by atoms with E-state index in [1.54, 1.807) is 0 Å². The van der Waals surface area contributed by atoms with Crippen LogP contribution in [0.3, 0.4) is 0 Å². The Kier molecular flexibility index (Phi) is 4.03. The summed E-state index contributed by atoms with van der Waals surface area (Å²) in [6, 6.07) is 8.33. The molecule has 1 saturated heterocycles. The number of thioether (sulfide) groups is 1. The van der Waals surface area contributed by atoms with Gasteiger partial charge < -0.3 is 10.0 Å². The third kappa shape index (κ3) is 2.72. The molecule has 1 aromatic rings. The molecule has 0 aliphatic carbocycles. The average Bonchev–Trinajstić information content (AvgIpc) is 2.69. The number of aryl methyl sites for hydroxylation is 1. The second-order valence-corrected chi connectivity index (χ2v) is 6.97. The molecule has 3 nitrogen and oxygen atoms in total. The van der Waals surface area contributed by atoms with Crippen LogP contribution < -0.4 is 0 Å². The van der Waals surface area contributed by atoms with Crippen molar-refractivity contribution >= 4 is 17.7 Å². The number of carbonyl (C=O) groups is 1. The zero-order chi connectivity index (χ0) is 14.0. The lowest BCUT2D eigenvalue weighted by Gasteiger charge is -2.35. The van der Waals surface area contributed by atoms with Gasteiger partial charge in [0.15, 0.2) is 0 Å². The molecule has 2 aliphatic rings. The molecule has 1 N–H and O–H groups in total. The van der Waals surface area contributed by atoms with Gasteiger partial charge in [-0.15, -0.1) is 0 Å². The van der Waals surface area contributed by atoms with Crippen LogP contribution in [0.2, 0.25) is 0 Å². The van der Waals surface area contributed by atoms with Crippen LogP contribution in [0.1, 0.15) is 30.4 Å². The predicted molar refractivity (Wildman–Crippen MR) is 81.7 cm³/mol. The Hall–Kier alpha value is -1.00. The molecular weight excluding hydrogens is 270 g/mol. The van der Waals surface area contributed by atoms with Crippen LogP contribution in [0.25, 0.3) is 0 Å². The van der Waals surface area contributed by atoms with Crippen molar-refractivity contribution in [2.75, 3.05) is 18.1 Å². The number of hydrogen-bond acceptors (Lipinski definition) is 3. The fraction of sp³-hybridized carbons (Fsp3) is 0.562. The van der Waals surface area contributed by atoms with E-state index in [9.17, 15) is 9.90 Å². The molecule has 1 aromatic carbocycles. The van der Waals surface area contributed by atoms with E-state index in [-0.39, 0.29) is 5.91 Å². The van der Waals surface area contributed by atoms with Crippen LogP contribution in [0.15, 0.2) is 24.3 Å². The smallest absolute Gasteiger partial charge is 0.254 e. The molecule has 108 valence electrons. The Morgan fingerprint density at radius 2 is 1.90 bits per heavy atom. The maximum absolute atomic E-state index is 12.7. The highest BCUT2D eigenvalue weighted by Gasteiger charge is 2.40. The van der Waals surface area contributed by atoms with E-state index in [1.165, 1.54) is 11.1 Å². The zero-order valence-corrected chi connectivity index (χ0v) is 12.5. The summed E-state index contributed by atoms with van der Waals surface area (Å²) in [6.45, 7) is 1.40. The minimum Gasteiger partial charge on any atom is -0.380 e. The molecule has 0 radical (unpaired) electrons. The predicted octanol–water partition coefficient (Wildman–Crippen LogP) is 2.22. The number of amides is 1. The van der Waals surface area contributed by atoms with E-state index in [1.807, 2.05) is 22.7 Å². The van der Waals surface area contributed by atoms with Crippen LogP contribution in [-0.2, 0) is 17.8 Å². The summed E-state index contributed by atoms with van der Waals surface area (Å²) >= 11 is 1.82. The Morgan fingerprint density at radius 1 is 1.20 bits per heavy atom. The number of benzene rings is 1. The quantitative estimate of drug-likeness (QED) is 0.862. The molecule has 4 heteroatoms. The number of carbonyl (C=O) groups excluding carboxylic acids is 1. The summed E-state index contributed by atoms with van der Waals surface area (Å²) in [7, 11) is 0. The van der Waals surface area contributed by atoms with Gasteiger partial charge in [0.25, 0.3) is 5.91 Å². The first-order valence-electron chi connectivity index (χ1n) is 7.35. The molecular formula is C16H21NO2S. The van der Waals surface area contributed by atoms with Crippen LogP contribution in [0, 0.1) is 0 Å². The van der Waals surface area contributed by atoms with Crippen molar-refractivity contribution in [1.82, 2.24) is 4.90 Å². The normalized spacial score (nSPS) is 21.9. The molecule has 2 aliphatic heterocycles. The van der Waals surface area contributed by atoms with E-state index in [0.29, 0.717) is 19.4 Å². The lowest BCUT2D eigenvalue weighted by atomic mass is 9.94. The summed E-state index contributed by atoms with van der Waals surface area (Å²) < 4.78 is 0. The molecule has 20 heavy (non-hydrogen) atoms. The standard InChI is InChI=1S/C16H21NO2S/c18-15(16(19)7-10-20-11-8-16)17-9-3-6-13-4-1-2-5-14(13)12-17/h1-2,4-5,19H,3,6-12H2. The highest BCUT2D eigenvalue weighted by atomic mass is 32.2. The van der Waals surface area contributed by atoms with Gasteiger partial charge in [0.1, 0.15) is 5.60 Å². The third-order valence-corrected chi connectivity index (χ3v) is 5.34. The maximum atomic E-state index is 12.7. The summed E-state index contributed by atoms with van der Waals surface area (Å²) in [5.41, 5.74) is 1.45. The third-order valence-electron chi connectivity index (χ3n) is 4.36. The highest BCUT2D eigenvalue weighted by Crippen LogP contribution is 2.30. The summed E-state index contributed by atoms with van der Waals surface area (Å²) in [5, 5.41) is 10.6. The van der Waals surface area contributed by atoms with E-state index >= 15 is 0 Å². The Balaban J connectivity index is 1.78. The number of rotatable bonds is 1. The first kappa shape index (κ1) is 14.0. The average molecular weight is 291 g/mol. The fourth-order valence-corrected chi connectivity index (χ4v) is 4.26. The molecule has 0 saturated carbocycles. The molecule has 0 spiro atoms. The summed E-state index contributed by atoms with van der Waals surface area (Å²) in [6.07, 6.45) is 3.19. The Morgan fingerprint density at radius 3 is 2.65 bits per heavy atom. The second-order valence-electron chi connectivity index (χ2n) is 5.74. The molecule has 3 rings (SSSR count). The summed E-state index contributed by atoms with van der Waals surface area (Å²) in [5.74, 6) is 1.70. The molecule has 0 atom stereocenters. The van der Waals surface area contributed by atoms with Crippen molar-refractivity contribution in [3.05, 3.63) is 35.4 Å². The lowest BCUT2D eigenvalue weighted by Crippen LogP contribution is -2.50. The number of nitrogens with zero attached hydrogens (tertiary/aromatic N) is 1. The van der Waals surface area contributed by atoms with Gasteiger partial charge in [0.05, 0.1) is 0 Å². The zero-order valence-electron chi connectivity index (χ0n) is 11.7. The topological polar surface area (TPSA) is 40.5 Å². The Bertz CT molecular complexity index is 497. The van der Waals surface area contributed by atoms with Crippen molar-refractivity contribution in [3.63, 3.8) is 0 Å². The van der Waals surface area contributed by atoms with Crippen LogP contribution in [0.4, 0.5) is 0 Å². The molecule has 0 aromatic heterocycles. The van der Waals surface area contributed by atoms with Gasteiger partial charge in [-0.3, -0.25) is 4.79 Å². The second kappa shape index (κ2) is 5.78. The molecule has 1 amide bonds. The van der Waals surface area contributed by atoms with Gasteiger partial charge in [-0.05, 0) is 48.3 Å². The fourth-order valence-electron chi connectivity index (χ4n) is 3.09. The monoisotopic (exact) mass is 291 g/mol. The summed E-state index contributed by atoms with van der Waals surface area (Å²) in [4.78, 5) is 14.6. The molecule has 2 heterocycles. The van der Waals surface area contributed by atoms with Crippen LogP contribution >= 0.6 is 11.8 Å². The van der Waals surface area contributed by atoms with E-state index in [2.05, 4.69) is 18.2 Å². The molecule has 1 fully saturated rings. The number of hydrogen-bond donors (Lipinski definition) is 1. The maximum Gasteiger partial charge on any atom is 0.254 e. The van der Waals surface area contributed by atoms with Crippen molar-refractivity contribution in [2.24, 2.45) is 0 Å². The van der Waals surface area contributed by atoms with E-state index in [0.717, 1.165) is 30.9 Å². The van der Waals surface area contributed by atoms with Gasteiger partial charge >= 0.3 is 0 Å². The molecule has 0 unspecified atom stereocenters. The van der Waals surface area contributed by atoms with Crippen molar-refractivity contribution in [3.8, 4) is 0 Å². The van der Waals surface area contributed by atoms with Gasteiger partial charge in [-0.25, -0.2) is 0 Å².